The number of amides is 2. The lowest BCUT2D eigenvalue weighted by Crippen LogP contribution is -2.35. The smallest absolute Gasteiger partial charge is 0.425 e. The normalized spacial score (nSPS) is 17.6. The molecule has 3 heterocycles. The largest absolute Gasteiger partial charge is 0.495 e. The van der Waals surface area contributed by atoms with Crippen LogP contribution in [0.5, 0.6) is 11.5 Å². The van der Waals surface area contributed by atoms with E-state index < -0.39 is 39.4 Å². The third kappa shape index (κ3) is 5.29. The summed E-state index contributed by atoms with van der Waals surface area (Å²) in [5.41, 5.74) is 0.713. The Hall–Kier alpha value is -4.07. The number of carbonyl (C=O) groups excluding carboxylic acids is 2. The first-order valence-electron chi connectivity index (χ1n) is 13.7. The topological polar surface area (TPSA) is 92.6 Å². The Balaban J connectivity index is 1.26. The molecule has 1 N–H and O–H groups in total. The summed E-state index contributed by atoms with van der Waals surface area (Å²) in [5.74, 6) is -3.16. The van der Waals surface area contributed by atoms with Crippen molar-refractivity contribution in [2.45, 2.75) is 46.7 Å². The third-order valence-corrected chi connectivity index (χ3v) is 8.93. The molecule has 14 heteroatoms. The monoisotopic (exact) mass is 636 g/mol. The van der Waals surface area contributed by atoms with Gasteiger partial charge < -0.3 is 9.47 Å². The Bertz CT molecular complexity index is 1730. The van der Waals surface area contributed by atoms with Crippen molar-refractivity contribution in [3.8, 4) is 11.5 Å². The minimum Gasteiger partial charge on any atom is -0.495 e. The van der Waals surface area contributed by atoms with Gasteiger partial charge in [0.25, 0.3) is 11.8 Å². The number of fused-ring (bicyclic) bond motifs is 1. The van der Waals surface area contributed by atoms with Crippen LogP contribution in [-0.2, 0) is 15.8 Å². The maximum Gasteiger partial charge on any atom is 0.425 e. The number of hydrogen-bond donors (Lipinski definition) is 1. The van der Waals surface area contributed by atoms with E-state index in [2.05, 4.69) is 15.6 Å². The summed E-state index contributed by atoms with van der Waals surface area (Å²) in [6, 6.07) is 6.78. The van der Waals surface area contributed by atoms with Crippen LogP contribution < -0.4 is 14.9 Å². The number of carbonyl (C=O) groups is 2. The molecule has 44 heavy (non-hydrogen) atoms. The van der Waals surface area contributed by atoms with Gasteiger partial charge in [-0.3, -0.25) is 9.59 Å². The molecular formula is C30H29F5N4O4S. The lowest BCUT2D eigenvalue weighted by molar-refractivity contribution is -0.135. The van der Waals surface area contributed by atoms with Crippen molar-refractivity contribution in [3.05, 3.63) is 58.0 Å². The van der Waals surface area contributed by atoms with Crippen molar-refractivity contribution in [2.75, 3.05) is 20.3 Å². The van der Waals surface area contributed by atoms with Gasteiger partial charge >= 0.3 is 6.18 Å². The molecule has 234 valence electrons. The van der Waals surface area contributed by atoms with Crippen LogP contribution in [-0.4, -0.2) is 48.5 Å². The first kappa shape index (κ1) is 31.4. The lowest BCUT2D eigenvalue weighted by atomic mass is 9.82. The number of halogens is 5. The average Bonchev–Trinajstić information content (AvgIpc) is 3.59. The zero-order valence-corrected chi connectivity index (χ0v) is 25.3. The molecule has 0 unspecified atom stereocenters. The molecule has 0 saturated carbocycles. The molecule has 0 bridgehead atoms. The number of hydrazone groups is 2. The van der Waals surface area contributed by atoms with E-state index in [1.165, 1.54) is 24.3 Å². The number of nitrogens with zero attached hydrogens (tertiary/aromatic N) is 3. The number of thiophene rings is 1. The number of methoxy groups -OCH3 is 1. The van der Waals surface area contributed by atoms with Crippen LogP contribution >= 0.6 is 11.3 Å². The molecule has 1 aromatic heterocycles. The maximum absolute atomic E-state index is 14.9. The predicted octanol–water partition coefficient (Wildman–Crippen LogP) is 6.50. The second-order valence-corrected chi connectivity index (χ2v) is 12.5. The van der Waals surface area contributed by atoms with Crippen LogP contribution in [0.15, 0.2) is 40.5 Å². The molecule has 0 fully saturated rings. The number of hydrogen-bond acceptors (Lipinski definition) is 7. The van der Waals surface area contributed by atoms with Crippen LogP contribution in [0, 0.1) is 22.5 Å². The Morgan fingerprint density at radius 3 is 2.25 bits per heavy atom. The van der Waals surface area contributed by atoms with Crippen LogP contribution in [0.1, 0.15) is 56.5 Å². The number of unbranched alkanes of at least 4 members (excludes halogenated alkanes) is 1. The summed E-state index contributed by atoms with van der Waals surface area (Å²) in [6.07, 6.45) is -3.78. The van der Waals surface area contributed by atoms with E-state index in [-0.39, 0.29) is 41.8 Å². The number of ether oxygens (including phenoxy) is 2. The second kappa shape index (κ2) is 11.1. The predicted molar refractivity (Wildman–Crippen MR) is 155 cm³/mol. The van der Waals surface area contributed by atoms with Crippen molar-refractivity contribution in [3.63, 3.8) is 0 Å². The summed E-state index contributed by atoms with van der Waals surface area (Å²) < 4.78 is 81.3. The van der Waals surface area contributed by atoms with Gasteiger partial charge in [-0.15, -0.1) is 11.3 Å². The van der Waals surface area contributed by atoms with Gasteiger partial charge in [0.15, 0.2) is 11.6 Å². The first-order valence-corrected chi connectivity index (χ1v) is 14.5. The van der Waals surface area contributed by atoms with Crippen LogP contribution in [0.4, 0.5) is 22.0 Å². The summed E-state index contributed by atoms with van der Waals surface area (Å²) >= 11 is 0.567. The van der Waals surface area contributed by atoms with Gasteiger partial charge in [-0.05, 0) is 70.9 Å². The van der Waals surface area contributed by atoms with Gasteiger partial charge in [0.1, 0.15) is 10.6 Å². The van der Waals surface area contributed by atoms with Crippen molar-refractivity contribution in [2.24, 2.45) is 21.0 Å². The fourth-order valence-electron chi connectivity index (χ4n) is 5.13. The van der Waals surface area contributed by atoms with E-state index in [0.29, 0.717) is 45.5 Å². The van der Waals surface area contributed by atoms with Gasteiger partial charge in [-0.1, -0.05) is 0 Å². The van der Waals surface area contributed by atoms with Gasteiger partial charge in [0.2, 0.25) is 5.82 Å². The average molecular weight is 637 g/mol. The maximum atomic E-state index is 14.9. The molecule has 0 radical (unpaired) electrons. The number of benzene rings is 2. The van der Waals surface area contributed by atoms with Crippen LogP contribution in [0.3, 0.4) is 0 Å². The minimum atomic E-state index is -4.54. The molecular weight excluding hydrogens is 607 g/mol. The highest BCUT2D eigenvalue weighted by molar-refractivity contribution is 7.19. The van der Waals surface area contributed by atoms with Crippen LogP contribution in [0.25, 0.3) is 10.1 Å². The highest BCUT2D eigenvalue weighted by atomic mass is 32.1. The molecule has 2 amide bonds. The molecule has 0 saturated heterocycles. The molecule has 8 nitrogen and oxygen atoms in total. The standard InChI is InChI=1S/C30H29F5N4O4S/c1-28(2)24(36-37-26(28)40)16-9-10-18(22(32)21(16)31)43-13-7-6-12-39-27(41)29(3,4)25(38-39)15-8-11-19(42-5)23-17(15)14-20(44-23)30(33,34)35/h8-11,14H,6-7,12-13H2,1-5H3,(H,37,40). The van der Waals surface area contributed by atoms with E-state index in [1.54, 1.807) is 39.8 Å². The van der Waals surface area contributed by atoms with Gasteiger partial charge in [-0.25, -0.2) is 14.8 Å². The van der Waals surface area contributed by atoms with Gasteiger partial charge in [0.05, 0.1) is 40.7 Å². The van der Waals surface area contributed by atoms with E-state index in [0.717, 1.165) is 6.07 Å². The molecule has 2 aromatic carbocycles. The molecule has 5 rings (SSSR count). The fraction of sp³-hybridized carbons (Fsp3) is 0.400. The first-order chi connectivity index (χ1) is 20.6. The summed E-state index contributed by atoms with van der Waals surface area (Å²) in [4.78, 5) is 24.4. The third-order valence-electron chi connectivity index (χ3n) is 7.74. The number of alkyl halides is 3. The summed E-state index contributed by atoms with van der Waals surface area (Å²) in [6.45, 7) is 6.62. The van der Waals surface area contributed by atoms with Crippen LogP contribution in [0.2, 0.25) is 0 Å². The summed E-state index contributed by atoms with van der Waals surface area (Å²) in [7, 11) is 1.38. The number of nitrogens with one attached hydrogen (secondary N) is 1. The van der Waals surface area contributed by atoms with Gasteiger partial charge in [0, 0.05) is 23.1 Å². The minimum absolute atomic E-state index is 0.0123. The summed E-state index contributed by atoms with van der Waals surface area (Å²) in [5, 5.41) is 9.92. The van der Waals surface area contributed by atoms with Crippen molar-refractivity contribution in [1.29, 1.82) is 0 Å². The molecule has 0 atom stereocenters. The number of rotatable bonds is 9. The van der Waals surface area contributed by atoms with E-state index in [9.17, 15) is 31.5 Å². The van der Waals surface area contributed by atoms with E-state index in [1.807, 2.05) is 0 Å². The van der Waals surface area contributed by atoms with E-state index >= 15 is 0 Å². The highest BCUT2D eigenvalue weighted by Crippen LogP contribution is 2.45. The van der Waals surface area contributed by atoms with Gasteiger partial charge in [-0.2, -0.15) is 27.8 Å². The Labute approximate surface area is 253 Å². The molecule has 2 aliphatic rings. The highest BCUT2D eigenvalue weighted by Gasteiger charge is 2.45. The zero-order chi connectivity index (χ0) is 32.2. The Morgan fingerprint density at radius 2 is 1.61 bits per heavy atom. The van der Waals surface area contributed by atoms with Crippen molar-refractivity contribution >= 4 is 44.7 Å². The SMILES string of the molecule is COc1ccc(C2=NN(CCCCOc3ccc(C4=NNC(=O)C4(C)C)c(F)c3F)C(=O)C2(C)C)c2cc(C(F)(F)F)sc12. The quantitative estimate of drug-likeness (QED) is 0.215. The van der Waals surface area contributed by atoms with Crippen molar-refractivity contribution in [1.82, 2.24) is 10.4 Å². The zero-order valence-electron chi connectivity index (χ0n) is 24.5. The van der Waals surface area contributed by atoms with E-state index in [4.69, 9.17) is 9.47 Å². The Kier molecular flexibility index (Phi) is 7.93. The second-order valence-electron chi connectivity index (χ2n) is 11.5. The molecule has 3 aromatic rings. The van der Waals surface area contributed by atoms with Crippen molar-refractivity contribution < 1.29 is 41.0 Å². The molecule has 2 aliphatic heterocycles. The fourth-order valence-corrected chi connectivity index (χ4v) is 6.17. The Morgan fingerprint density at radius 1 is 0.932 bits per heavy atom. The lowest BCUT2D eigenvalue weighted by Gasteiger charge is -2.20. The molecule has 0 spiro atoms. The molecule has 0 aliphatic carbocycles.